The Kier molecular flexibility index (Phi) is 7.57. The van der Waals surface area contributed by atoms with Crippen molar-refractivity contribution in [2.45, 2.75) is 39.0 Å². The quantitative estimate of drug-likeness (QED) is 0.194. The highest BCUT2D eigenvalue weighted by Crippen LogP contribution is 2.29. The number of rotatable bonds is 9. The molecule has 43 heavy (non-hydrogen) atoms. The van der Waals surface area contributed by atoms with Crippen molar-refractivity contribution in [3.8, 4) is 17.1 Å². The number of hydrogen-bond acceptors (Lipinski definition) is 5. The maximum Gasteiger partial charge on any atom is 0.335 e. The highest BCUT2D eigenvalue weighted by molar-refractivity contribution is 5.92. The van der Waals surface area contributed by atoms with Gasteiger partial charge in [-0.2, -0.15) is 0 Å². The molecule has 0 radical (unpaired) electrons. The molecule has 5 aromatic rings. The first-order chi connectivity index (χ1) is 20.7. The van der Waals surface area contributed by atoms with Gasteiger partial charge in [-0.3, -0.25) is 0 Å². The lowest BCUT2D eigenvalue weighted by Crippen LogP contribution is -2.31. The summed E-state index contributed by atoms with van der Waals surface area (Å²) >= 11 is 0. The lowest BCUT2D eigenvalue weighted by molar-refractivity contribution is -0.0589. The third-order valence-electron chi connectivity index (χ3n) is 7.45. The zero-order valence-electron chi connectivity index (χ0n) is 22.9. The zero-order valence-corrected chi connectivity index (χ0v) is 22.9. The summed E-state index contributed by atoms with van der Waals surface area (Å²) in [6, 6.07) is 13.6. The van der Waals surface area contributed by atoms with E-state index < -0.39 is 29.2 Å². The number of carbonyl (C=O) groups is 1. The summed E-state index contributed by atoms with van der Waals surface area (Å²) in [7, 11) is 0. The molecule has 1 aliphatic heterocycles. The first-order valence-electron chi connectivity index (χ1n) is 13.5. The van der Waals surface area contributed by atoms with Gasteiger partial charge in [0.05, 0.1) is 34.9 Å². The van der Waals surface area contributed by atoms with Gasteiger partial charge in [0.2, 0.25) is 5.88 Å². The number of nitrogens with zero attached hydrogens (tertiary/aromatic N) is 3. The van der Waals surface area contributed by atoms with E-state index in [1.807, 2.05) is 0 Å². The van der Waals surface area contributed by atoms with E-state index in [-0.39, 0.29) is 58.5 Å². The molecule has 0 bridgehead atoms. The van der Waals surface area contributed by atoms with Crippen molar-refractivity contribution in [1.82, 2.24) is 14.5 Å². The Bertz CT molecular complexity index is 1850. The Hall–Kier alpha value is -4.77. The number of aryl methyl sites for hydroxylation is 1. The predicted octanol–water partition coefficient (Wildman–Crippen LogP) is 6.62. The molecule has 3 aromatic carbocycles. The Balaban J connectivity index is 1.27. The van der Waals surface area contributed by atoms with Gasteiger partial charge in [-0.15, -0.1) is 0 Å². The Morgan fingerprint density at radius 2 is 1.77 bits per heavy atom. The maximum atomic E-state index is 15.4. The number of aromatic nitrogens is 3. The average molecular weight is 592 g/mol. The van der Waals surface area contributed by atoms with E-state index in [0.29, 0.717) is 30.0 Å². The van der Waals surface area contributed by atoms with Crippen LogP contribution in [-0.4, -0.2) is 38.3 Å². The van der Waals surface area contributed by atoms with Gasteiger partial charge in [-0.1, -0.05) is 6.07 Å². The van der Waals surface area contributed by atoms with Crippen molar-refractivity contribution in [3.05, 3.63) is 112 Å². The molecule has 7 nitrogen and oxygen atoms in total. The fraction of sp³-hybridized carbons (Fsp3) is 0.219. The zero-order chi connectivity index (χ0) is 30.2. The van der Waals surface area contributed by atoms with Crippen molar-refractivity contribution < 1.29 is 36.9 Å². The first kappa shape index (κ1) is 28.4. The van der Waals surface area contributed by atoms with Gasteiger partial charge in [0.1, 0.15) is 35.7 Å². The minimum Gasteiger partial charge on any atom is -0.478 e. The molecule has 11 heteroatoms. The largest absolute Gasteiger partial charge is 0.478 e. The number of carboxylic acids is 1. The molecule has 1 aliphatic rings. The second-order valence-electron chi connectivity index (χ2n) is 10.4. The Morgan fingerprint density at radius 3 is 2.47 bits per heavy atom. The normalized spacial score (nSPS) is 14.6. The number of ether oxygens (including phenoxy) is 2. The third-order valence-corrected chi connectivity index (χ3v) is 7.45. The van der Waals surface area contributed by atoms with E-state index in [4.69, 9.17) is 9.47 Å². The second-order valence-corrected chi connectivity index (χ2v) is 10.4. The van der Waals surface area contributed by atoms with E-state index in [9.17, 15) is 18.7 Å². The summed E-state index contributed by atoms with van der Waals surface area (Å²) in [6.07, 6.45) is 0.516. The van der Waals surface area contributed by atoms with E-state index in [1.54, 1.807) is 22.8 Å². The number of benzene rings is 3. The van der Waals surface area contributed by atoms with Gasteiger partial charge >= 0.3 is 5.97 Å². The smallest absolute Gasteiger partial charge is 0.335 e. The number of hydrogen-bond donors (Lipinski definition) is 1. The molecule has 0 unspecified atom stereocenters. The van der Waals surface area contributed by atoms with E-state index in [2.05, 4.69) is 9.97 Å². The van der Waals surface area contributed by atoms with Crippen LogP contribution < -0.4 is 4.74 Å². The van der Waals surface area contributed by atoms with E-state index in [0.717, 1.165) is 30.7 Å². The highest BCUT2D eigenvalue weighted by atomic mass is 19.1. The molecular weight excluding hydrogens is 566 g/mol. The van der Waals surface area contributed by atoms with Crippen LogP contribution in [0.4, 0.5) is 17.6 Å². The summed E-state index contributed by atoms with van der Waals surface area (Å²) < 4.78 is 71.8. The Labute approximate surface area is 243 Å². The molecule has 2 aromatic heterocycles. The van der Waals surface area contributed by atoms with Crippen LogP contribution >= 0.6 is 0 Å². The van der Waals surface area contributed by atoms with Crippen molar-refractivity contribution in [3.63, 3.8) is 0 Å². The van der Waals surface area contributed by atoms with Crippen LogP contribution in [0.25, 0.3) is 22.3 Å². The lowest BCUT2D eigenvalue weighted by atomic mass is 10.0. The number of carboxylic acid groups (broad SMARTS) is 1. The van der Waals surface area contributed by atoms with Crippen molar-refractivity contribution in [2.75, 3.05) is 6.61 Å². The molecule has 220 valence electrons. The van der Waals surface area contributed by atoms with Crippen molar-refractivity contribution in [1.29, 1.82) is 0 Å². The molecule has 1 N–H and O–H groups in total. The SMILES string of the molecule is Cc1cc(F)c(COc2cccc(-c3cc(F)c(Cc4nc5ccc(C(=O)O)cc5n4C[C@@H]4CCO4)c(F)c3)n2)cc1F. The molecule has 1 fully saturated rings. The lowest BCUT2D eigenvalue weighted by Gasteiger charge is -2.27. The van der Waals surface area contributed by atoms with E-state index in [1.165, 1.54) is 25.1 Å². The molecular formula is C32H25F4N3O4. The Morgan fingerprint density at radius 1 is 1.00 bits per heavy atom. The van der Waals surface area contributed by atoms with Gasteiger partial charge < -0.3 is 19.1 Å². The van der Waals surface area contributed by atoms with Gasteiger partial charge in [0, 0.05) is 35.8 Å². The summed E-state index contributed by atoms with van der Waals surface area (Å²) in [5.41, 5.74) is 1.45. The third kappa shape index (κ3) is 5.80. The number of aromatic carboxylic acids is 1. The highest BCUT2D eigenvalue weighted by Gasteiger charge is 2.24. The molecule has 1 atom stereocenters. The van der Waals surface area contributed by atoms with Crippen LogP contribution in [-0.2, 0) is 24.3 Å². The van der Waals surface area contributed by atoms with Gasteiger partial charge in [-0.25, -0.2) is 32.3 Å². The van der Waals surface area contributed by atoms with Gasteiger partial charge in [0.15, 0.2) is 0 Å². The number of halogens is 4. The monoisotopic (exact) mass is 591 g/mol. The van der Waals surface area contributed by atoms with Crippen LogP contribution in [0.5, 0.6) is 5.88 Å². The number of fused-ring (bicyclic) bond motifs is 1. The van der Waals surface area contributed by atoms with Crippen LogP contribution in [0, 0.1) is 30.2 Å². The van der Waals surface area contributed by atoms with Crippen molar-refractivity contribution >= 4 is 17.0 Å². The van der Waals surface area contributed by atoms with Crippen LogP contribution in [0.15, 0.2) is 60.7 Å². The minimum absolute atomic E-state index is 0.00539. The summed E-state index contributed by atoms with van der Waals surface area (Å²) in [6.45, 7) is 2.14. The van der Waals surface area contributed by atoms with Gasteiger partial charge in [-0.05, 0) is 67.4 Å². The maximum absolute atomic E-state index is 15.4. The topological polar surface area (TPSA) is 86.5 Å². The first-order valence-corrected chi connectivity index (χ1v) is 13.5. The number of imidazole rings is 1. The predicted molar refractivity (Wildman–Crippen MR) is 149 cm³/mol. The molecule has 6 rings (SSSR count). The summed E-state index contributed by atoms with van der Waals surface area (Å²) in [5, 5.41) is 9.44. The van der Waals surface area contributed by atoms with Gasteiger partial charge in [0.25, 0.3) is 0 Å². The summed E-state index contributed by atoms with van der Waals surface area (Å²) in [4.78, 5) is 20.4. The van der Waals surface area contributed by atoms with Crippen LogP contribution in [0.1, 0.15) is 39.3 Å². The van der Waals surface area contributed by atoms with Crippen LogP contribution in [0.3, 0.4) is 0 Å². The fourth-order valence-electron chi connectivity index (χ4n) is 4.96. The molecule has 1 saturated heterocycles. The minimum atomic E-state index is -1.09. The number of pyridine rings is 1. The van der Waals surface area contributed by atoms with Crippen molar-refractivity contribution in [2.24, 2.45) is 0 Å². The fourth-order valence-corrected chi connectivity index (χ4v) is 4.96. The van der Waals surface area contributed by atoms with E-state index >= 15 is 8.78 Å². The summed E-state index contributed by atoms with van der Waals surface area (Å²) in [5.74, 6) is -3.48. The molecule has 0 amide bonds. The van der Waals surface area contributed by atoms with Crippen LogP contribution in [0.2, 0.25) is 0 Å². The average Bonchev–Trinajstić information content (AvgIpc) is 3.30. The second kappa shape index (κ2) is 11.5. The standard InChI is InChI=1S/C32H25F4N3O4/c1-17-9-24(34)20(12-23(17)33)16-43-31-4-2-3-27(38-31)19-10-25(35)22(26(36)11-19)14-30-37-28-6-5-18(32(40)41)13-29(28)39(30)15-21-7-8-42-21/h2-6,9-13,21H,7-8,14-16H2,1H3,(H,40,41)/t21-/m0/s1. The molecule has 0 saturated carbocycles. The molecule has 0 spiro atoms. The molecule has 0 aliphatic carbocycles. The molecule has 3 heterocycles.